The summed E-state index contributed by atoms with van der Waals surface area (Å²) in [5.41, 5.74) is 0.614. The van der Waals surface area contributed by atoms with E-state index in [2.05, 4.69) is 5.32 Å². The van der Waals surface area contributed by atoms with Crippen molar-refractivity contribution in [3.63, 3.8) is 0 Å². The Morgan fingerprint density at radius 3 is 2.50 bits per heavy atom. The highest BCUT2D eigenvalue weighted by molar-refractivity contribution is 5.89. The molecule has 0 aromatic carbocycles. The van der Waals surface area contributed by atoms with Crippen molar-refractivity contribution >= 4 is 23.3 Å². The number of aromatic carboxylic acids is 1. The maximum absolute atomic E-state index is 15.5. The molecule has 2 aliphatic rings. The topological polar surface area (TPSA) is 100 Å². The second-order valence-electron chi connectivity index (χ2n) is 10.5. The number of nitrogens with one attached hydrogen (secondary N) is 1. The largest absolute Gasteiger partial charge is 0.477 e. The van der Waals surface area contributed by atoms with Crippen LogP contribution in [0.4, 0.5) is 14.9 Å². The molecule has 2 fully saturated rings. The van der Waals surface area contributed by atoms with Gasteiger partial charge in [-0.15, -0.1) is 0 Å². The number of piperidine rings is 1. The molecule has 0 unspecified atom stereocenters. The quantitative estimate of drug-likeness (QED) is 0.695. The Hall–Kier alpha value is -3.10. The number of fused-ring (bicyclic) bond motifs is 1. The molecular formula is C25H32FN3O5. The van der Waals surface area contributed by atoms with Gasteiger partial charge in [0.05, 0.1) is 23.4 Å². The number of hydrogen-bond donors (Lipinski definition) is 2. The number of pyridine rings is 2. The number of carboxylic acid groups (broad SMARTS) is 1. The van der Waals surface area contributed by atoms with Crippen molar-refractivity contribution < 1.29 is 23.8 Å². The van der Waals surface area contributed by atoms with E-state index in [9.17, 15) is 19.5 Å². The molecule has 1 amide bonds. The van der Waals surface area contributed by atoms with Gasteiger partial charge < -0.3 is 20.1 Å². The first-order chi connectivity index (χ1) is 15.9. The van der Waals surface area contributed by atoms with Crippen molar-refractivity contribution in [3.05, 3.63) is 45.1 Å². The van der Waals surface area contributed by atoms with Crippen molar-refractivity contribution in [1.29, 1.82) is 0 Å². The number of alkyl carbamates (subject to hydrolysis) is 1. The number of amides is 1. The maximum atomic E-state index is 15.5. The fourth-order valence-corrected chi connectivity index (χ4v) is 4.81. The average molecular weight is 474 g/mol. The molecule has 8 nitrogen and oxygen atoms in total. The van der Waals surface area contributed by atoms with Gasteiger partial charge >= 0.3 is 12.1 Å². The minimum absolute atomic E-state index is 0.161. The van der Waals surface area contributed by atoms with Crippen LogP contribution in [0.5, 0.6) is 0 Å². The number of carboxylic acids is 1. The van der Waals surface area contributed by atoms with Crippen LogP contribution in [0.2, 0.25) is 0 Å². The third-order valence-corrected chi connectivity index (χ3v) is 6.67. The van der Waals surface area contributed by atoms with Gasteiger partial charge in [0.2, 0.25) is 0 Å². The van der Waals surface area contributed by atoms with Crippen molar-refractivity contribution in [2.75, 3.05) is 18.0 Å². The number of rotatable bonds is 4. The molecule has 2 N–H and O–H groups in total. The van der Waals surface area contributed by atoms with Gasteiger partial charge in [-0.25, -0.2) is 14.0 Å². The van der Waals surface area contributed by atoms with Gasteiger partial charge in [-0.05, 0) is 76.0 Å². The molecule has 1 saturated heterocycles. The first-order valence-corrected chi connectivity index (χ1v) is 11.7. The highest BCUT2D eigenvalue weighted by atomic mass is 19.1. The Balaban J connectivity index is 1.74. The van der Waals surface area contributed by atoms with Crippen molar-refractivity contribution in [3.8, 4) is 0 Å². The van der Waals surface area contributed by atoms with E-state index in [0.717, 1.165) is 35.4 Å². The second kappa shape index (κ2) is 8.60. The number of hydrogen-bond acceptors (Lipinski definition) is 5. The standard InChI is InChI=1S/C25H32FN3O5/c1-13-8-9-28(12-19(13)27-24(33)34-25(3,4)5)21-14(2)20-16(15-6-7-15)10-17(23(31)32)22(30)29(20)11-18(21)26/h10-11,13,15,19H,6-9,12H2,1-5H3,(H,27,33)(H,31,32)/t13-,19+/m1/s1. The molecule has 1 aliphatic carbocycles. The third-order valence-electron chi connectivity index (χ3n) is 6.67. The van der Waals surface area contributed by atoms with E-state index in [1.807, 2.05) is 11.8 Å². The number of aromatic nitrogens is 1. The lowest BCUT2D eigenvalue weighted by molar-refractivity contribution is 0.0483. The molecule has 9 heteroatoms. The number of nitrogens with zero attached hydrogens (tertiary/aromatic N) is 2. The minimum atomic E-state index is -1.32. The normalized spacial score (nSPS) is 20.9. The van der Waals surface area contributed by atoms with E-state index in [1.165, 1.54) is 6.07 Å². The molecule has 0 bridgehead atoms. The number of aryl methyl sites for hydroxylation is 1. The lowest BCUT2D eigenvalue weighted by Gasteiger charge is -2.39. The van der Waals surface area contributed by atoms with Gasteiger partial charge in [-0.1, -0.05) is 6.92 Å². The van der Waals surface area contributed by atoms with Crippen LogP contribution in [0.1, 0.15) is 74.4 Å². The lowest BCUT2D eigenvalue weighted by atomic mass is 9.92. The first kappa shape index (κ1) is 24.0. The van der Waals surface area contributed by atoms with E-state index in [4.69, 9.17) is 4.74 Å². The monoisotopic (exact) mass is 473 g/mol. The number of carbonyl (C=O) groups excluding carboxylic acids is 1. The van der Waals surface area contributed by atoms with Crippen molar-refractivity contribution in [2.45, 2.75) is 71.4 Å². The lowest BCUT2D eigenvalue weighted by Crippen LogP contribution is -2.53. The summed E-state index contributed by atoms with van der Waals surface area (Å²) in [5.74, 6) is -1.57. The van der Waals surface area contributed by atoms with Gasteiger partial charge in [0.1, 0.15) is 11.2 Å². The molecule has 1 aliphatic heterocycles. The summed E-state index contributed by atoms with van der Waals surface area (Å²) in [7, 11) is 0. The Morgan fingerprint density at radius 2 is 1.91 bits per heavy atom. The molecular weight excluding hydrogens is 441 g/mol. The fourth-order valence-electron chi connectivity index (χ4n) is 4.81. The molecule has 34 heavy (non-hydrogen) atoms. The van der Waals surface area contributed by atoms with Gasteiger partial charge in [0, 0.05) is 13.1 Å². The summed E-state index contributed by atoms with van der Waals surface area (Å²) in [4.78, 5) is 38.7. The van der Waals surface area contributed by atoms with Gasteiger partial charge in [-0.2, -0.15) is 0 Å². The summed E-state index contributed by atoms with van der Waals surface area (Å²) in [5, 5.41) is 12.4. The van der Waals surface area contributed by atoms with Crippen LogP contribution in [-0.4, -0.2) is 46.3 Å². The Labute approximate surface area is 197 Å². The highest BCUT2D eigenvalue weighted by Crippen LogP contribution is 2.44. The van der Waals surface area contributed by atoms with E-state index >= 15 is 4.39 Å². The van der Waals surface area contributed by atoms with Crippen LogP contribution in [0.3, 0.4) is 0 Å². The van der Waals surface area contributed by atoms with Crippen LogP contribution < -0.4 is 15.8 Å². The van der Waals surface area contributed by atoms with Crippen LogP contribution in [-0.2, 0) is 4.74 Å². The van der Waals surface area contributed by atoms with Gasteiger partial charge in [-0.3, -0.25) is 9.20 Å². The van der Waals surface area contributed by atoms with Gasteiger partial charge in [0.15, 0.2) is 5.82 Å². The number of halogens is 1. The fraction of sp³-hybridized carbons (Fsp3) is 0.560. The summed E-state index contributed by atoms with van der Waals surface area (Å²) in [6, 6.07) is 1.22. The number of anilines is 1. The van der Waals surface area contributed by atoms with Crippen molar-refractivity contribution in [2.24, 2.45) is 5.92 Å². The predicted octanol–water partition coefficient (Wildman–Crippen LogP) is 4.06. The SMILES string of the molecule is Cc1c(N2CC[C@@H](C)[C@@H](NC(=O)OC(C)(C)C)C2)c(F)cn2c(=O)c(C(=O)O)cc(C3CC3)c12. The molecule has 0 radical (unpaired) electrons. The van der Waals surface area contributed by atoms with Crippen LogP contribution in [0.25, 0.3) is 5.52 Å². The van der Waals surface area contributed by atoms with Crippen LogP contribution in [0.15, 0.2) is 17.1 Å². The van der Waals surface area contributed by atoms with Crippen molar-refractivity contribution in [1.82, 2.24) is 9.72 Å². The summed E-state index contributed by atoms with van der Waals surface area (Å²) in [6.45, 7) is 10.2. The Kier molecular flexibility index (Phi) is 6.08. The number of ether oxygens (including phenoxy) is 1. The average Bonchev–Trinajstić information content (AvgIpc) is 3.54. The van der Waals surface area contributed by atoms with E-state index in [0.29, 0.717) is 29.9 Å². The summed E-state index contributed by atoms with van der Waals surface area (Å²) < 4.78 is 22.0. The third kappa shape index (κ3) is 4.60. The van der Waals surface area contributed by atoms with E-state index in [-0.39, 0.29) is 23.4 Å². The zero-order valence-electron chi connectivity index (χ0n) is 20.3. The van der Waals surface area contributed by atoms with Crippen LogP contribution in [0, 0.1) is 18.7 Å². The zero-order chi connectivity index (χ0) is 24.9. The molecule has 2 aromatic heterocycles. The summed E-state index contributed by atoms with van der Waals surface area (Å²) in [6.07, 6.45) is 3.15. The number of carbonyl (C=O) groups is 2. The Morgan fingerprint density at radius 1 is 1.24 bits per heavy atom. The maximum Gasteiger partial charge on any atom is 0.407 e. The highest BCUT2D eigenvalue weighted by Gasteiger charge is 2.34. The smallest absolute Gasteiger partial charge is 0.407 e. The van der Waals surface area contributed by atoms with E-state index in [1.54, 1.807) is 27.7 Å². The molecule has 3 heterocycles. The summed E-state index contributed by atoms with van der Waals surface area (Å²) >= 11 is 0. The van der Waals surface area contributed by atoms with Gasteiger partial charge in [0.25, 0.3) is 5.56 Å². The minimum Gasteiger partial charge on any atom is -0.477 e. The molecule has 2 aromatic rings. The zero-order valence-corrected chi connectivity index (χ0v) is 20.3. The van der Waals surface area contributed by atoms with Crippen LogP contribution >= 0.6 is 0 Å². The molecule has 1 saturated carbocycles. The molecule has 0 spiro atoms. The van der Waals surface area contributed by atoms with E-state index < -0.39 is 29.0 Å². The molecule has 2 atom stereocenters. The molecule has 4 rings (SSSR count). The Bertz CT molecular complexity index is 1210. The predicted molar refractivity (Wildman–Crippen MR) is 126 cm³/mol. The molecule has 184 valence electrons. The second-order valence-corrected chi connectivity index (χ2v) is 10.5. The first-order valence-electron chi connectivity index (χ1n) is 11.7.